The van der Waals surface area contributed by atoms with Crippen molar-refractivity contribution in [2.75, 3.05) is 0 Å². The van der Waals surface area contributed by atoms with E-state index in [0.717, 1.165) is 27.8 Å². The Bertz CT molecular complexity index is 2050. The van der Waals surface area contributed by atoms with Crippen LogP contribution < -0.4 is 5.73 Å². The number of carbonyl (C=O) groups excluding carboxylic acids is 1. The maximum Gasteiger partial charge on any atom is 0.305 e. The van der Waals surface area contributed by atoms with Crippen LogP contribution in [-0.2, 0) is 20.8 Å². The number of fused-ring (bicyclic) bond motifs is 8. The molecule has 0 unspecified atom stereocenters. The summed E-state index contributed by atoms with van der Waals surface area (Å²) in [6, 6.07) is 5.94. The monoisotopic (exact) mass is 625 g/mol. The molecule has 12 nitrogen and oxygen atoms in total. The van der Waals surface area contributed by atoms with Crippen LogP contribution in [0.25, 0.3) is 44.9 Å². The molecule has 2 aliphatic heterocycles. The van der Waals surface area contributed by atoms with Crippen LogP contribution in [0, 0.1) is 13.8 Å². The predicted octanol–water partition coefficient (Wildman–Crippen LogP) is 5.29. The first-order valence-electron chi connectivity index (χ1n) is 14.8. The second kappa shape index (κ2) is 12.6. The second-order valence-corrected chi connectivity index (χ2v) is 11.7. The van der Waals surface area contributed by atoms with Crippen molar-refractivity contribution in [3.63, 3.8) is 0 Å². The molecule has 46 heavy (non-hydrogen) atoms. The molecule has 238 valence electrons. The van der Waals surface area contributed by atoms with Gasteiger partial charge in [0, 0.05) is 29.4 Å². The van der Waals surface area contributed by atoms with Gasteiger partial charge in [-0.15, -0.1) is 0 Å². The fraction of sp³-hybridized carbons (Fsp3) is 0.294. The molecule has 2 aliphatic rings. The number of carboxylic acid groups (broad SMARTS) is 3. The van der Waals surface area contributed by atoms with Crippen LogP contribution in [0.1, 0.15) is 89.4 Å². The Kier molecular flexibility index (Phi) is 8.75. The molecule has 0 fully saturated rings. The average molecular weight is 626 g/mol. The van der Waals surface area contributed by atoms with Gasteiger partial charge in [-0.2, -0.15) is 0 Å². The molecule has 8 bridgehead atoms. The lowest BCUT2D eigenvalue weighted by atomic mass is 9.98. The summed E-state index contributed by atoms with van der Waals surface area (Å²) in [4.78, 5) is 64.7. The third-order valence-electron chi connectivity index (χ3n) is 8.39. The van der Waals surface area contributed by atoms with Gasteiger partial charge in [-0.1, -0.05) is 0 Å². The second-order valence-electron chi connectivity index (χ2n) is 11.7. The van der Waals surface area contributed by atoms with Crippen LogP contribution in [-0.4, -0.2) is 65.0 Å². The number of rotatable bonds is 10. The highest BCUT2D eigenvalue weighted by Gasteiger charge is 2.26. The molecule has 12 heteroatoms. The van der Waals surface area contributed by atoms with E-state index in [1.165, 1.54) is 0 Å². The smallest absolute Gasteiger partial charge is 0.305 e. The Morgan fingerprint density at radius 1 is 0.783 bits per heavy atom. The molecule has 3 aromatic rings. The topological polar surface area (TPSA) is 212 Å². The first kappa shape index (κ1) is 32.0. The highest BCUT2D eigenvalue weighted by molar-refractivity contribution is 6.11. The Labute approximate surface area is 263 Å². The predicted molar refractivity (Wildman–Crippen MR) is 174 cm³/mol. The Morgan fingerprint density at radius 3 is 2.11 bits per heavy atom. The number of aryl methyl sites for hydroxylation is 3. The Morgan fingerprint density at radius 2 is 1.43 bits per heavy atom. The zero-order valence-electron chi connectivity index (χ0n) is 25.9. The van der Waals surface area contributed by atoms with Gasteiger partial charge in [0.2, 0.25) is 0 Å². The van der Waals surface area contributed by atoms with Gasteiger partial charge in [-0.25, -0.2) is 9.97 Å². The lowest BCUT2D eigenvalue weighted by molar-refractivity contribution is -0.138. The zero-order chi connectivity index (χ0) is 33.4. The molecule has 5 rings (SSSR count). The van der Waals surface area contributed by atoms with Crippen molar-refractivity contribution in [2.24, 2.45) is 5.73 Å². The number of aromatic nitrogens is 4. The van der Waals surface area contributed by atoms with Crippen LogP contribution >= 0.6 is 0 Å². The van der Waals surface area contributed by atoms with E-state index in [4.69, 9.17) is 15.7 Å². The summed E-state index contributed by atoms with van der Waals surface area (Å²) in [6.07, 6.45) is 1.54. The van der Waals surface area contributed by atoms with Gasteiger partial charge in [0.15, 0.2) is 5.78 Å². The van der Waals surface area contributed by atoms with Gasteiger partial charge < -0.3 is 31.0 Å². The van der Waals surface area contributed by atoms with Crippen LogP contribution in [0.3, 0.4) is 0 Å². The molecule has 0 saturated carbocycles. The van der Waals surface area contributed by atoms with Crippen LogP contribution in [0.15, 0.2) is 24.3 Å². The van der Waals surface area contributed by atoms with E-state index in [1.807, 2.05) is 45.9 Å². The largest absolute Gasteiger partial charge is 0.481 e. The number of carboxylic acids is 3. The van der Waals surface area contributed by atoms with Crippen molar-refractivity contribution in [1.82, 2.24) is 19.9 Å². The zero-order valence-corrected chi connectivity index (χ0v) is 25.9. The van der Waals surface area contributed by atoms with Crippen molar-refractivity contribution in [1.29, 1.82) is 0 Å². The van der Waals surface area contributed by atoms with E-state index in [2.05, 4.69) is 9.97 Å². The van der Waals surface area contributed by atoms with Gasteiger partial charge in [0.1, 0.15) is 0 Å². The summed E-state index contributed by atoms with van der Waals surface area (Å²) >= 11 is 0. The molecule has 1 atom stereocenters. The molecule has 3 aromatic heterocycles. The van der Waals surface area contributed by atoms with E-state index in [1.54, 1.807) is 12.1 Å². The SMILES string of the molecule is CC1=Cc2cc3[nH]c(cc4nc(cc5[nH]c(cc5C)c(C(=O)[C@@H](N)CC(=O)O)c1n2)C(C)=C4CCC(=O)O)c(CCC(=O)O)c3C. The number of nitrogens with two attached hydrogens (primary N) is 1. The Balaban J connectivity index is 1.91. The maximum atomic E-state index is 13.8. The number of aliphatic carboxylic acids is 3. The number of carbonyl (C=O) groups is 4. The third kappa shape index (κ3) is 6.38. The first-order valence-corrected chi connectivity index (χ1v) is 14.8. The molecule has 0 spiro atoms. The minimum atomic E-state index is -1.31. The minimum Gasteiger partial charge on any atom is -0.481 e. The van der Waals surface area contributed by atoms with Crippen molar-refractivity contribution in [2.45, 2.75) is 65.8 Å². The number of H-pyrrole nitrogens is 2. The Hall–Kier alpha value is -5.36. The highest BCUT2D eigenvalue weighted by Crippen LogP contribution is 2.35. The summed E-state index contributed by atoms with van der Waals surface area (Å²) in [5.41, 5.74) is 15.3. The standard InChI is InChI=1S/C34H35N5O7/c1-15-10-28-32(34(46)22(35)12-31(44)45)33-16(2)9-19(36-33)11-24-17(3)20(5-7-29(40)41)26(38-24)14-27-21(6-8-30(42)43)18(4)25(39-27)13-23(15)37-28/h9-11,13-14,22,37-38H,5-8,12,35H2,1-4H3,(H,40,41)(H,42,43)(H,44,45)/t22-/m0/s1. The molecule has 0 saturated heterocycles. The van der Waals surface area contributed by atoms with Crippen molar-refractivity contribution in [3.8, 4) is 0 Å². The number of nitrogens with zero attached hydrogens (tertiary/aromatic N) is 2. The molecule has 0 amide bonds. The van der Waals surface area contributed by atoms with Crippen LogP contribution in [0.2, 0.25) is 0 Å². The normalized spacial score (nSPS) is 13.5. The average Bonchev–Trinajstić information content (AvgIpc) is 3.67. The lowest BCUT2D eigenvalue weighted by Gasteiger charge is -2.10. The first-order chi connectivity index (χ1) is 21.7. The number of allylic oxidation sites excluding steroid dienone is 3. The fourth-order valence-corrected chi connectivity index (χ4v) is 5.93. The van der Waals surface area contributed by atoms with Gasteiger partial charge in [0.05, 0.1) is 46.3 Å². The number of Topliss-reactive ketones (excluding diaryl/α,β-unsaturated/α-hetero) is 1. The van der Waals surface area contributed by atoms with E-state index < -0.39 is 36.2 Å². The molecule has 7 N–H and O–H groups in total. The van der Waals surface area contributed by atoms with E-state index in [9.17, 15) is 34.5 Å². The molecular formula is C34H35N5O7. The van der Waals surface area contributed by atoms with E-state index >= 15 is 0 Å². The molecule has 0 aromatic carbocycles. The van der Waals surface area contributed by atoms with E-state index in [-0.39, 0.29) is 31.2 Å². The number of hydrogen-bond donors (Lipinski definition) is 6. The molecular weight excluding hydrogens is 590 g/mol. The number of aromatic amines is 2. The number of ketones is 1. The van der Waals surface area contributed by atoms with Gasteiger partial charge in [-0.05, 0) is 104 Å². The summed E-state index contributed by atoms with van der Waals surface area (Å²) in [7, 11) is 0. The molecule has 0 aliphatic carbocycles. The summed E-state index contributed by atoms with van der Waals surface area (Å²) in [5, 5.41) is 28.3. The van der Waals surface area contributed by atoms with E-state index in [0.29, 0.717) is 50.4 Å². The van der Waals surface area contributed by atoms with Gasteiger partial charge >= 0.3 is 17.9 Å². The van der Waals surface area contributed by atoms with Gasteiger partial charge in [-0.3, -0.25) is 19.2 Å². The van der Waals surface area contributed by atoms with Crippen LogP contribution in [0.5, 0.6) is 0 Å². The summed E-state index contributed by atoms with van der Waals surface area (Å²) in [6.45, 7) is 7.42. The highest BCUT2D eigenvalue weighted by atomic mass is 16.4. The third-order valence-corrected chi connectivity index (χ3v) is 8.39. The van der Waals surface area contributed by atoms with Gasteiger partial charge in [0.25, 0.3) is 0 Å². The minimum absolute atomic E-state index is 0.0968. The summed E-state index contributed by atoms with van der Waals surface area (Å²) in [5.74, 6) is -3.66. The fourth-order valence-electron chi connectivity index (χ4n) is 5.93. The lowest BCUT2D eigenvalue weighted by Crippen LogP contribution is -2.33. The molecule has 5 heterocycles. The van der Waals surface area contributed by atoms with Crippen LogP contribution in [0.4, 0.5) is 0 Å². The number of nitrogens with one attached hydrogen (secondary N) is 2. The maximum absolute atomic E-state index is 13.8. The summed E-state index contributed by atoms with van der Waals surface area (Å²) < 4.78 is 0. The van der Waals surface area contributed by atoms with Crippen molar-refractivity contribution >= 4 is 68.6 Å². The van der Waals surface area contributed by atoms with Crippen molar-refractivity contribution in [3.05, 3.63) is 69.3 Å². The molecule has 0 radical (unpaired) electrons. The van der Waals surface area contributed by atoms with Crippen molar-refractivity contribution < 1.29 is 34.5 Å². The number of hydrogen-bond acceptors (Lipinski definition) is 7. The quantitative estimate of drug-likeness (QED) is 0.160.